The second kappa shape index (κ2) is 7.46. The number of carbonyl (C=O) groups is 1. The summed E-state index contributed by atoms with van der Waals surface area (Å²) in [5, 5.41) is 11.3. The van der Waals surface area contributed by atoms with Gasteiger partial charge in [0.05, 0.1) is 18.1 Å². The average molecular weight is 312 g/mol. The largest absolute Gasteiger partial charge is 0.493 e. The fourth-order valence-electron chi connectivity index (χ4n) is 1.81. The van der Waals surface area contributed by atoms with Gasteiger partial charge >= 0.3 is 6.09 Å². The smallest absolute Gasteiger partial charge is 0.410 e. The van der Waals surface area contributed by atoms with Gasteiger partial charge in [-0.2, -0.15) is 0 Å². The fourth-order valence-corrected chi connectivity index (χ4v) is 1.81. The number of hydrogen-bond donors (Lipinski definition) is 1. The van der Waals surface area contributed by atoms with Crippen LogP contribution in [0.15, 0.2) is 12.1 Å². The molecule has 0 heterocycles. The Morgan fingerprint density at radius 3 is 2.36 bits per heavy atom. The number of methoxy groups -OCH3 is 1. The molecule has 0 saturated carbocycles. The molecule has 0 radical (unpaired) electrons. The zero-order valence-corrected chi connectivity index (χ0v) is 13.0. The van der Waals surface area contributed by atoms with Crippen LogP contribution in [0.1, 0.15) is 0 Å². The van der Waals surface area contributed by atoms with Crippen molar-refractivity contribution in [2.24, 2.45) is 5.73 Å². The summed E-state index contributed by atoms with van der Waals surface area (Å²) in [5.41, 5.74) is 5.12. The number of nitrogens with zero attached hydrogens (tertiary/aromatic N) is 3. The summed E-state index contributed by atoms with van der Waals surface area (Å²) in [6.45, 7) is 1.29. The molecule has 1 aromatic rings. The molecule has 0 spiro atoms. The molecule has 122 valence electrons. The van der Waals surface area contributed by atoms with Crippen LogP contribution in [0.5, 0.6) is 11.5 Å². The molecule has 2 N–H and O–H groups in total. The number of hydrogen-bond acceptors (Lipinski definition) is 7. The Hall–Kier alpha value is -2.55. The molecule has 0 bridgehead atoms. The van der Waals surface area contributed by atoms with E-state index in [0.717, 1.165) is 12.6 Å². The van der Waals surface area contributed by atoms with Crippen molar-refractivity contribution >= 4 is 17.5 Å². The third-order valence-electron chi connectivity index (χ3n) is 2.96. The number of nitrogens with two attached hydrogens (primary N) is 1. The Morgan fingerprint density at radius 1 is 1.27 bits per heavy atom. The Morgan fingerprint density at radius 2 is 1.91 bits per heavy atom. The summed E-state index contributed by atoms with van der Waals surface area (Å²) in [7, 11) is 6.93. The standard InChI is InChI=1S/C13H20N4O5/c1-15(2)5-6-16(3)9-7-11(21-4)12(22-13(14)18)8-10(9)17(19)20/h7-8H,5-6H2,1-4H3,(H2,14,18). The van der Waals surface area contributed by atoms with E-state index in [0.29, 0.717) is 12.2 Å². The summed E-state index contributed by atoms with van der Waals surface area (Å²) < 4.78 is 9.85. The first-order valence-corrected chi connectivity index (χ1v) is 6.45. The third-order valence-corrected chi connectivity index (χ3v) is 2.96. The van der Waals surface area contributed by atoms with Gasteiger partial charge in [-0.3, -0.25) is 10.1 Å². The molecular formula is C13H20N4O5. The topological polar surface area (TPSA) is 111 Å². The highest BCUT2D eigenvalue weighted by molar-refractivity contribution is 5.74. The Labute approximate surface area is 128 Å². The van der Waals surface area contributed by atoms with Crippen LogP contribution in [0.4, 0.5) is 16.2 Å². The normalized spacial score (nSPS) is 10.4. The van der Waals surface area contributed by atoms with E-state index in [1.54, 1.807) is 11.9 Å². The molecule has 0 saturated heterocycles. The quantitative estimate of drug-likeness (QED) is 0.592. The number of nitro groups is 1. The van der Waals surface area contributed by atoms with Gasteiger partial charge in [0.1, 0.15) is 5.69 Å². The maximum Gasteiger partial charge on any atom is 0.410 e. The number of benzene rings is 1. The van der Waals surface area contributed by atoms with Gasteiger partial charge in [0.25, 0.3) is 5.69 Å². The number of likely N-dealkylation sites (N-methyl/N-ethyl adjacent to an activating group) is 2. The molecule has 0 unspecified atom stereocenters. The van der Waals surface area contributed by atoms with Gasteiger partial charge < -0.3 is 25.0 Å². The lowest BCUT2D eigenvalue weighted by molar-refractivity contribution is -0.384. The first-order chi connectivity index (χ1) is 10.3. The minimum absolute atomic E-state index is 0.0912. The van der Waals surface area contributed by atoms with E-state index < -0.39 is 11.0 Å². The van der Waals surface area contributed by atoms with Gasteiger partial charge in [-0.05, 0) is 14.1 Å². The summed E-state index contributed by atoms with van der Waals surface area (Å²) in [4.78, 5) is 25.3. The lowest BCUT2D eigenvalue weighted by atomic mass is 10.2. The molecule has 0 aliphatic carbocycles. The summed E-state index contributed by atoms with van der Waals surface area (Å²) in [6.07, 6.45) is -1.07. The van der Waals surface area contributed by atoms with E-state index in [9.17, 15) is 14.9 Å². The number of carbonyl (C=O) groups excluding carboxylic acids is 1. The van der Waals surface area contributed by atoms with Crippen LogP contribution in [0, 0.1) is 10.1 Å². The molecule has 1 amide bonds. The lowest BCUT2D eigenvalue weighted by Gasteiger charge is -2.22. The fraction of sp³-hybridized carbons (Fsp3) is 0.462. The zero-order valence-electron chi connectivity index (χ0n) is 13.0. The van der Waals surface area contributed by atoms with Crippen LogP contribution < -0.4 is 20.1 Å². The zero-order chi connectivity index (χ0) is 16.9. The molecule has 0 aliphatic heterocycles. The first kappa shape index (κ1) is 17.5. The summed E-state index contributed by atoms with van der Waals surface area (Å²) >= 11 is 0. The maximum absolute atomic E-state index is 11.3. The number of ether oxygens (including phenoxy) is 2. The van der Waals surface area contributed by atoms with Crippen LogP contribution in [-0.2, 0) is 0 Å². The second-order valence-corrected chi connectivity index (χ2v) is 4.89. The van der Waals surface area contributed by atoms with E-state index in [2.05, 4.69) is 0 Å². The summed E-state index contributed by atoms with van der Waals surface area (Å²) in [5.74, 6) is 0.0996. The third kappa shape index (κ3) is 4.48. The SMILES string of the molecule is COc1cc(N(C)CCN(C)C)c([N+](=O)[O-])cc1OC(N)=O. The van der Waals surface area contributed by atoms with Crippen molar-refractivity contribution in [3.63, 3.8) is 0 Å². The van der Waals surface area contributed by atoms with Gasteiger partial charge in [-0.25, -0.2) is 4.79 Å². The molecule has 0 fully saturated rings. The highest BCUT2D eigenvalue weighted by Gasteiger charge is 2.23. The average Bonchev–Trinajstić information content (AvgIpc) is 2.43. The second-order valence-electron chi connectivity index (χ2n) is 4.89. The van der Waals surface area contributed by atoms with E-state index >= 15 is 0 Å². The number of nitro benzene ring substituents is 1. The Balaban J connectivity index is 3.25. The first-order valence-electron chi connectivity index (χ1n) is 6.45. The molecule has 1 aromatic carbocycles. The van der Waals surface area contributed by atoms with Crippen LogP contribution in [0.25, 0.3) is 0 Å². The van der Waals surface area contributed by atoms with Crippen molar-refractivity contribution in [2.75, 3.05) is 46.2 Å². The number of rotatable bonds is 7. The number of amides is 1. The molecule has 0 atom stereocenters. The van der Waals surface area contributed by atoms with E-state index in [4.69, 9.17) is 15.2 Å². The van der Waals surface area contributed by atoms with Crippen molar-refractivity contribution in [2.45, 2.75) is 0 Å². The maximum atomic E-state index is 11.3. The van der Waals surface area contributed by atoms with Crippen molar-refractivity contribution in [3.05, 3.63) is 22.2 Å². The van der Waals surface area contributed by atoms with Crippen LogP contribution in [0.2, 0.25) is 0 Å². The van der Waals surface area contributed by atoms with Gasteiger partial charge in [0.15, 0.2) is 11.5 Å². The number of anilines is 1. The monoisotopic (exact) mass is 312 g/mol. The molecule has 9 heteroatoms. The Bertz CT molecular complexity index is 562. The highest BCUT2D eigenvalue weighted by Crippen LogP contribution is 2.39. The molecule has 0 aliphatic rings. The van der Waals surface area contributed by atoms with Gasteiger partial charge in [0.2, 0.25) is 0 Å². The van der Waals surface area contributed by atoms with E-state index in [1.807, 2.05) is 19.0 Å². The van der Waals surface area contributed by atoms with Gasteiger partial charge in [0, 0.05) is 26.2 Å². The molecule has 0 aromatic heterocycles. The minimum atomic E-state index is -1.07. The minimum Gasteiger partial charge on any atom is -0.493 e. The predicted molar refractivity (Wildman–Crippen MR) is 81.7 cm³/mol. The Kier molecular flexibility index (Phi) is 5.93. The molecule has 22 heavy (non-hydrogen) atoms. The molecule has 9 nitrogen and oxygen atoms in total. The van der Waals surface area contributed by atoms with Crippen LogP contribution >= 0.6 is 0 Å². The van der Waals surface area contributed by atoms with Crippen LogP contribution in [0.3, 0.4) is 0 Å². The highest BCUT2D eigenvalue weighted by atomic mass is 16.6. The van der Waals surface area contributed by atoms with E-state index in [-0.39, 0.29) is 17.2 Å². The van der Waals surface area contributed by atoms with E-state index in [1.165, 1.54) is 13.2 Å². The van der Waals surface area contributed by atoms with Crippen molar-refractivity contribution < 1.29 is 19.2 Å². The molecule has 1 rings (SSSR count). The van der Waals surface area contributed by atoms with Crippen molar-refractivity contribution in [3.8, 4) is 11.5 Å². The lowest BCUT2D eigenvalue weighted by Crippen LogP contribution is -2.29. The van der Waals surface area contributed by atoms with Crippen LogP contribution in [-0.4, -0.2) is 57.3 Å². The predicted octanol–water partition coefficient (Wildman–Crippen LogP) is 1.06. The number of primary amides is 1. The summed E-state index contributed by atoms with van der Waals surface area (Å²) in [6, 6.07) is 2.58. The van der Waals surface area contributed by atoms with Crippen molar-refractivity contribution in [1.82, 2.24) is 4.90 Å². The van der Waals surface area contributed by atoms with Gasteiger partial charge in [-0.1, -0.05) is 0 Å². The van der Waals surface area contributed by atoms with Crippen molar-refractivity contribution in [1.29, 1.82) is 0 Å². The molecular weight excluding hydrogens is 292 g/mol. The van der Waals surface area contributed by atoms with Gasteiger partial charge in [-0.15, -0.1) is 0 Å².